The zero-order valence-electron chi connectivity index (χ0n) is 11.8. The minimum atomic E-state index is -4.59. The molecule has 0 aliphatic carbocycles. The smallest absolute Gasteiger partial charge is 0.341 e. The van der Waals surface area contributed by atoms with E-state index < -0.39 is 26.4 Å². The predicted octanol–water partition coefficient (Wildman–Crippen LogP) is 2.36. The van der Waals surface area contributed by atoms with E-state index in [1.54, 1.807) is 12.1 Å². The van der Waals surface area contributed by atoms with Gasteiger partial charge in [-0.2, -0.15) is 8.78 Å². The van der Waals surface area contributed by atoms with Gasteiger partial charge >= 0.3 is 5.76 Å². The largest absolute Gasteiger partial charge is 0.489 e. The highest BCUT2D eigenvalue weighted by atomic mass is 32.2. The lowest BCUT2D eigenvalue weighted by Gasteiger charge is -2.08. The number of primary amides is 1. The molecule has 0 spiro atoms. The van der Waals surface area contributed by atoms with E-state index in [0.29, 0.717) is 16.9 Å². The average molecular weight is 341 g/mol. The molecule has 1 amide bonds. The highest BCUT2D eigenvalue weighted by Gasteiger charge is 2.26. The second-order valence-corrected chi connectivity index (χ2v) is 6.54. The Labute approximate surface area is 131 Å². The van der Waals surface area contributed by atoms with Crippen molar-refractivity contribution in [2.45, 2.75) is 17.3 Å². The second kappa shape index (κ2) is 6.74. The van der Waals surface area contributed by atoms with Gasteiger partial charge in [0.05, 0.1) is 4.90 Å². The monoisotopic (exact) mass is 341 g/mol. The van der Waals surface area contributed by atoms with Gasteiger partial charge in [-0.25, -0.2) is 8.42 Å². The van der Waals surface area contributed by atoms with Crippen LogP contribution in [0.2, 0.25) is 0 Å². The van der Waals surface area contributed by atoms with Crippen molar-refractivity contribution in [2.24, 2.45) is 5.73 Å². The van der Waals surface area contributed by atoms with Crippen molar-refractivity contribution in [3.8, 4) is 5.75 Å². The van der Waals surface area contributed by atoms with Gasteiger partial charge in [0, 0.05) is 5.56 Å². The molecule has 2 aromatic rings. The summed E-state index contributed by atoms with van der Waals surface area (Å²) in [6.07, 6.45) is 0. The van der Waals surface area contributed by atoms with Crippen molar-refractivity contribution in [2.75, 3.05) is 0 Å². The van der Waals surface area contributed by atoms with Crippen molar-refractivity contribution >= 4 is 15.7 Å². The number of hydrogen-bond acceptors (Lipinski definition) is 4. The lowest BCUT2D eigenvalue weighted by Crippen LogP contribution is -2.11. The molecule has 0 unspecified atom stereocenters. The number of alkyl halides is 2. The van der Waals surface area contributed by atoms with Gasteiger partial charge < -0.3 is 10.5 Å². The molecule has 5 nitrogen and oxygen atoms in total. The Bertz CT molecular complexity index is 787. The first-order chi connectivity index (χ1) is 10.8. The summed E-state index contributed by atoms with van der Waals surface area (Å²) in [6.45, 7) is 0.116. The summed E-state index contributed by atoms with van der Waals surface area (Å²) in [4.78, 5) is 10.5. The third kappa shape index (κ3) is 4.04. The molecule has 122 valence electrons. The van der Waals surface area contributed by atoms with Gasteiger partial charge in [0.1, 0.15) is 12.4 Å². The van der Waals surface area contributed by atoms with Crippen LogP contribution in [0.1, 0.15) is 15.9 Å². The zero-order chi connectivity index (χ0) is 17.0. The highest BCUT2D eigenvalue weighted by molar-refractivity contribution is 7.91. The molecule has 23 heavy (non-hydrogen) atoms. The van der Waals surface area contributed by atoms with Gasteiger partial charge in [0.25, 0.3) is 0 Å². The van der Waals surface area contributed by atoms with E-state index in [2.05, 4.69) is 0 Å². The van der Waals surface area contributed by atoms with Crippen molar-refractivity contribution < 1.29 is 26.7 Å². The van der Waals surface area contributed by atoms with E-state index >= 15 is 0 Å². The molecule has 0 fully saturated rings. The van der Waals surface area contributed by atoms with Crippen molar-refractivity contribution in [1.29, 1.82) is 0 Å². The fourth-order valence-corrected chi connectivity index (χ4v) is 2.48. The fraction of sp³-hybridized carbons (Fsp3) is 0.133. The van der Waals surface area contributed by atoms with Crippen LogP contribution in [0.5, 0.6) is 5.75 Å². The van der Waals surface area contributed by atoms with Gasteiger partial charge in [-0.15, -0.1) is 0 Å². The quantitative estimate of drug-likeness (QED) is 0.874. The summed E-state index contributed by atoms with van der Waals surface area (Å²) in [5.41, 5.74) is 6.07. The van der Waals surface area contributed by atoms with Crippen LogP contribution in [-0.2, 0) is 16.4 Å². The average Bonchev–Trinajstić information content (AvgIpc) is 2.53. The number of benzene rings is 2. The number of sulfone groups is 1. The Morgan fingerprint density at radius 1 is 1.04 bits per heavy atom. The first-order valence-electron chi connectivity index (χ1n) is 6.44. The molecule has 2 N–H and O–H groups in total. The topological polar surface area (TPSA) is 86.5 Å². The van der Waals surface area contributed by atoms with Crippen molar-refractivity contribution in [1.82, 2.24) is 0 Å². The van der Waals surface area contributed by atoms with Crippen LogP contribution in [0, 0.1) is 0 Å². The molecule has 0 atom stereocenters. The Balaban J connectivity index is 2.03. The lowest BCUT2D eigenvalue weighted by atomic mass is 10.2. The summed E-state index contributed by atoms with van der Waals surface area (Å²) >= 11 is 0. The second-order valence-electron chi connectivity index (χ2n) is 4.63. The molecule has 0 heterocycles. The number of rotatable bonds is 6. The van der Waals surface area contributed by atoms with E-state index in [0.717, 1.165) is 12.1 Å². The SMILES string of the molecule is NC(=O)c1ccc(OCc2ccc(S(=O)(=O)C(F)F)cc2)cc1. The Morgan fingerprint density at radius 3 is 2.09 bits per heavy atom. The van der Waals surface area contributed by atoms with Crippen LogP contribution >= 0.6 is 0 Å². The number of nitrogens with two attached hydrogens (primary N) is 1. The molecular weight excluding hydrogens is 328 g/mol. The van der Waals surface area contributed by atoms with Gasteiger partial charge in [0.2, 0.25) is 15.7 Å². The van der Waals surface area contributed by atoms with E-state index in [-0.39, 0.29) is 6.61 Å². The number of carbonyl (C=O) groups is 1. The molecule has 0 bridgehead atoms. The maximum absolute atomic E-state index is 12.4. The Kier molecular flexibility index (Phi) is 4.95. The first-order valence-corrected chi connectivity index (χ1v) is 7.99. The summed E-state index contributed by atoms with van der Waals surface area (Å²) in [6, 6.07) is 11.2. The molecule has 0 aliphatic heterocycles. The lowest BCUT2D eigenvalue weighted by molar-refractivity contribution is 0.1000. The standard InChI is InChI=1S/C15H13F2NO4S/c16-15(17)23(20,21)13-7-1-10(2-8-13)9-22-12-5-3-11(4-6-12)14(18)19/h1-8,15H,9H2,(H2,18,19). The van der Waals surface area contributed by atoms with Crippen LogP contribution < -0.4 is 10.5 Å². The molecule has 0 aliphatic rings. The maximum Gasteiger partial charge on any atom is 0.341 e. The Morgan fingerprint density at radius 2 is 1.61 bits per heavy atom. The number of halogens is 2. The molecule has 0 saturated heterocycles. The van der Waals surface area contributed by atoms with E-state index in [4.69, 9.17) is 10.5 Å². The summed E-state index contributed by atoms with van der Waals surface area (Å²) in [7, 11) is -4.59. The molecule has 2 aromatic carbocycles. The number of ether oxygens (including phenoxy) is 1. The van der Waals surface area contributed by atoms with E-state index in [9.17, 15) is 22.0 Å². The highest BCUT2D eigenvalue weighted by Crippen LogP contribution is 2.19. The molecule has 0 saturated carbocycles. The summed E-state index contributed by atoms with van der Waals surface area (Å²) in [5.74, 6) is -3.51. The molecule has 2 rings (SSSR count). The number of carbonyl (C=O) groups excluding carboxylic acids is 1. The Hall–Kier alpha value is -2.48. The number of hydrogen-bond donors (Lipinski definition) is 1. The van der Waals surface area contributed by atoms with E-state index in [1.807, 2.05) is 0 Å². The zero-order valence-corrected chi connectivity index (χ0v) is 12.6. The minimum Gasteiger partial charge on any atom is -0.489 e. The van der Waals surface area contributed by atoms with Crippen LogP contribution in [-0.4, -0.2) is 20.1 Å². The van der Waals surface area contributed by atoms with Crippen molar-refractivity contribution in [3.63, 3.8) is 0 Å². The predicted molar refractivity (Wildman–Crippen MR) is 78.9 cm³/mol. The summed E-state index contributed by atoms with van der Waals surface area (Å²) in [5, 5.41) is 0. The maximum atomic E-state index is 12.4. The van der Waals surface area contributed by atoms with Crippen LogP contribution in [0.15, 0.2) is 53.4 Å². The van der Waals surface area contributed by atoms with Gasteiger partial charge in [0.15, 0.2) is 0 Å². The van der Waals surface area contributed by atoms with Crippen molar-refractivity contribution in [3.05, 3.63) is 59.7 Å². The van der Waals surface area contributed by atoms with Gasteiger partial charge in [-0.05, 0) is 42.0 Å². The molecular formula is C15H13F2NO4S. The van der Waals surface area contributed by atoms with Crippen LogP contribution in [0.25, 0.3) is 0 Å². The van der Waals surface area contributed by atoms with E-state index in [1.165, 1.54) is 24.3 Å². The molecule has 0 aromatic heterocycles. The molecule has 8 heteroatoms. The molecule has 0 radical (unpaired) electrons. The minimum absolute atomic E-state index is 0.116. The summed E-state index contributed by atoms with van der Waals surface area (Å²) < 4.78 is 52.9. The third-order valence-electron chi connectivity index (χ3n) is 3.03. The van der Waals surface area contributed by atoms with Crippen LogP contribution in [0.4, 0.5) is 8.78 Å². The van der Waals surface area contributed by atoms with Gasteiger partial charge in [-0.3, -0.25) is 4.79 Å². The normalized spacial score (nSPS) is 11.4. The first kappa shape index (κ1) is 16.9. The van der Waals surface area contributed by atoms with Gasteiger partial charge in [-0.1, -0.05) is 12.1 Å². The third-order valence-corrected chi connectivity index (χ3v) is 4.43. The number of amides is 1. The fourth-order valence-electron chi connectivity index (χ4n) is 1.76. The van der Waals surface area contributed by atoms with Crippen LogP contribution in [0.3, 0.4) is 0 Å².